The molecule has 0 radical (unpaired) electrons. The van der Waals surface area contributed by atoms with Crippen molar-refractivity contribution in [2.75, 3.05) is 11.4 Å². The number of piperidine rings is 1. The van der Waals surface area contributed by atoms with Crippen molar-refractivity contribution >= 4 is 28.1 Å². The zero-order valence-electron chi connectivity index (χ0n) is 10.8. The first-order chi connectivity index (χ1) is 8.69. The standard InChI is InChI=1S/C13H18ClN3S/c1-3-5-11-9(2)6-4-7-17(11)13-10(8-15)12(14)16-18-13/h9,11H,3-7H2,1-2H3. The van der Waals surface area contributed by atoms with Gasteiger partial charge in [0.25, 0.3) is 0 Å². The Morgan fingerprint density at radius 3 is 3.06 bits per heavy atom. The summed E-state index contributed by atoms with van der Waals surface area (Å²) in [6.07, 6.45) is 4.79. The van der Waals surface area contributed by atoms with E-state index in [-0.39, 0.29) is 0 Å². The van der Waals surface area contributed by atoms with Gasteiger partial charge in [-0.1, -0.05) is 31.9 Å². The molecule has 1 aliphatic heterocycles. The lowest BCUT2D eigenvalue weighted by Gasteiger charge is -2.40. The van der Waals surface area contributed by atoms with E-state index in [1.54, 1.807) is 0 Å². The Morgan fingerprint density at radius 1 is 1.61 bits per heavy atom. The lowest BCUT2D eigenvalue weighted by molar-refractivity contribution is 0.329. The monoisotopic (exact) mass is 283 g/mol. The number of aromatic nitrogens is 1. The van der Waals surface area contributed by atoms with Crippen LogP contribution in [0.5, 0.6) is 0 Å². The van der Waals surface area contributed by atoms with Crippen molar-refractivity contribution in [1.29, 1.82) is 5.26 Å². The van der Waals surface area contributed by atoms with Crippen molar-refractivity contribution in [1.82, 2.24) is 4.37 Å². The average molecular weight is 284 g/mol. The fraction of sp³-hybridized carbons (Fsp3) is 0.692. The van der Waals surface area contributed by atoms with Gasteiger partial charge in [0.1, 0.15) is 16.6 Å². The molecule has 18 heavy (non-hydrogen) atoms. The summed E-state index contributed by atoms with van der Waals surface area (Å²) in [4.78, 5) is 2.36. The summed E-state index contributed by atoms with van der Waals surface area (Å²) >= 11 is 7.34. The molecule has 0 spiro atoms. The van der Waals surface area contributed by atoms with Gasteiger partial charge in [0.15, 0.2) is 5.15 Å². The van der Waals surface area contributed by atoms with Crippen LogP contribution in [-0.2, 0) is 0 Å². The van der Waals surface area contributed by atoms with Gasteiger partial charge in [0, 0.05) is 12.6 Å². The maximum absolute atomic E-state index is 9.21. The maximum atomic E-state index is 9.21. The van der Waals surface area contributed by atoms with E-state index in [4.69, 9.17) is 11.6 Å². The third-order valence-electron chi connectivity index (χ3n) is 3.71. The minimum absolute atomic E-state index is 0.353. The number of hydrogen-bond donors (Lipinski definition) is 0. The minimum Gasteiger partial charge on any atom is -0.358 e. The smallest absolute Gasteiger partial charge is 0.162 e. The van der Waals surface area contributed by atoms with E-state index in [9.17, 15) is 5.26 Å². The Kier molecular flexibility index (Phi) is 4.47. The van der Waals surface area contributed by atoms with Crippen LogP contribution in [0.15, 0.2) is 0 Å². The van der Waals surface area contributed by atoms with Crippen LogP contribution in [0.25, 0.3) is 0 Å². The van der Waals surface area contributed by atoms with Gasteiger partial charge in [-0.3, -0.25) is 0 Å². The van der Waals surface area contributed by atoms with Crippen LogP contribution in [-0.4, -0.2) is 17.0 Å². The second-order valence-corrected chi connectivity index (χ2v) is 6.04. The summed E-state index contributed by atoms with van der Waals surface area (Å²) in [5.74, 6) is 0.672. The molecule has 98 valence electrons. The van der Waals surface area contributed by atoms with E-state index in [0.717, 1.165) is 11.5 Å². The summed E-state index contributed by atoms with van der Waals surface area (Å²) < 4.78 is 4.13. The molecule has 1 aromatic rings. The molecule has 2 rings (SSSR count). The lowest BCUT2D eigenvalue weighted by Crippen LogP contribution is -2.44. The van der Waals surface area contributed by atoms with E-state index in [1.807, 2.05) is 0 Å². The van der Waals surface area contributed by atoms with E-state index < -0.39 is 0 Å². The minimum atomic E-state index is 0.353. The molecule has 2 heterocycles. The summed E-state index contributed by atoms with van der Waals surface area (Å²) in [6, 6.07) is 2.71. The topological polar surface area (TPSA) is 39.9 Å². The lowest BCUT2D eigenvalue weighted by atomic mass is 9.88. The van der Waals surface area contributed by atoms with Crippen LogP contribution in [0.1, 0.15) is 45.1 Å². The third-order valence-corrected chi connectivity index (χ3v) is 4.96. The molecule has 1 fully saturated rings. The van der Waals surface area contributed by atoms with Gasteiger partial charge in [-0.15, -0.1) is 0 Å². The highest BCUT2D eigenvalue weighted by molar-refractivity contribution is 7.10. The normalized spacial score (nSPS) is 24.0. The third kappa shape index (κ3) is 2.48. The molecule has 1 saturated heterocycles. The van der Waals surface area contributed by atoms with E-state index in [2.05, 4.69) is 29.2 Å². The fourth-order valence-corrected chi connectivity index (χ4v) is 3.90. The van der Waals surface area contributed by atoms with Gasteiger partial charge in [-0.2, -0.15) is 9.64 Å². The van der Waals surface area contributed by atoms with Gasteiger partial charge >= 0.3 is 0 Å². The molecule has 1 aliphatic rings. The van der Waals surface area contributed by atoms with E-state index >= 15 is 0 Å². The molecular weight excluding hydrogens is 266 g/mol. The maximum Gasteiger partial charge on any atom is 0.162 e. The van der Waals surface area contributed by atoms with Crippen LogP contribution in [0.2, 0.25) is 5.15 Å². The quantitative estimate of drug-likeness (QED) is 0.839. The Labute approximate surface area is 118 Å². The van der Waals surface area contributed by atoms with Crippen LogP contribution >= 0.6 is 23.1 Å². The van der Waals surface area contributed by atoms with E-state index in [1.165, 1.54) is 37.2 Å². The predicted molar refractivity (Wildman–Crippen MR) is 76.3 cm³/mol. The molecule has 0 saturated carbocycles. The van der Waals surface area contributed by atoms with Crippen LogP contribution in [0, 0.1) is 17.2 Å². The molecule has 5 heteroatoms. The molecule has 0 amide bonds. The molecule has 1 aromatic heterocycles. The summed E-state index contributed by atoms with van der Waals surface area (Å²) in [5.41, 5.74) is 0.553. The largest absolute Gasteiger partial charge is 0.358 e. The van der Waals surface area contributed by atoms with Crippen molar-refractivity contribution in [3.05, 3.63) is 10.7 Å². The second kappa shape index (κ2) is 5.90. The summed E-state index contributed by atoms with van der Waals surface area (Å²) in [6.45, 7) is 5.54. The van der Waals surface area contributed by atoms with Crippen LogP contribution < -0.4 is 4.90 Å². The van der Waals surface area contributed by atoms with Crippen molar-refractivity contribution in [2.45, 2.75) is 45.6 Å². The number of nitrogens with zero attached hydrogens (tertiary/aromatic N) is 3. The molecular formula is C13H18ClN3S. The van der Waals surface area contributed by atoms with Gasteiger partial charge < -0.3 is 4.90 Å². The van der Waals surface area contributed by atoms with E-state index in [0.29, 0.717) is 22.7 Å². The van der Waals surface area contributed by atoms with Crippen molar-refractivity contribution in [3.8, 4) is 6.07 Å². The van der Waals surface area contributed by atoms with Crippen molar-refractivity contribution in [2.24, 2.45) is 5.92 Å². The molecule has 0 N–H and O–H groups in total. The van der Waals surface area contributed by atoms with Gasteiger partial charge in [0.05, 0.1) is 0 Å². The zero-order valence-corrected chi connectivity index (χ0v) is 12.4. The van der Waals surface area contributed by atoms with Crippen LogP contribution in [0.4, 0.5) is 5.00 Å². The van der Waals surface area contributed by atoms with Gasteiger partial charge in [0.2, 0.25) is 0 Å². The Bertz CT molecular complexity index is 452. The van der Waals surface area contributed by atoms with Gasteiger partial charge in [-0.25, -0.2) is 0 Å². The summed E-state index contributed by atoms with van der Waals surface area (Å²) in [5, 5.41) is 10.5. The zero-order chi connectivity index (χ0) is 13.1. The highest BCUT2D eigenvalue weighted by atomic mass is 35.5. The molecule has 0 aromatic carbocycles. The predicted octanol–water partition coefficient (Wildman–Crippen LogP) is 4.07. The Morgan fingerprint density at radius 2 is 2.39 bits per heavy atom. The fourth-order valence-electron chi connectivity index (χ4n) is 2.79. The molecule has 0 bridgehead atoms. The molecule has 2 unspecified atom stereocenters. The van der Waals surface area contributed by atoms with Crippen molar-refractivity contribution in [3.63, 3.8) is 0 Å². The highest BCUT2D eigenvalue weighted by Gasteiger charge is 2.31. The SMILES string of the molecule is CCCC1C(C)CCCN1c1snc(Cl)c1C#N. The molecule has 3 nitrogen and oxygen atoms in total. The number of rotatable bonds is 3. The summed E-state index contributed by atoms with van der Waals surface area (Å²) in [7, 11) is 0. The Balaban J connectivity index is 2.31. The number of halogens is 1. The van der Waals surface area contributed by atoms with Crippen molar-refractivity contribution < 1.29 is 0 Å². The number of hydrogen-bond acceptors (Lipinski definition) is 4. The average Bonchev–Trinajstić information content (AvgIpc) is 2.73. The second-order valence-electron chi connectivity index (χ2n) is 4.93. The first-order valence-corrected chi connectivity index (χ1v) is 7.66. The molecule has 2 atom stereocenters. The van der Waals surface area contributed by atoms with Crippen LogP contribution in [0.3, 0.4) is 0 Å². The van der Waals surface area contributed by atoms with Gasteiger partial charge in [-0.05, 0) is 36.7 Å². The number of nitriles is 1. The first kappa shape index (κ1) is 13.6. The molecule has 0 aliphatic carbocycles. The highest BCUT2D eigenvalue weighted by Crippen LogP contribution is 2.37. The number of anilines is 1. The first-order valence-electron chi connectivity index (χ1n) is 6.51. The Hall–Kier alpha value is -0.790.